The molecule has 0 atom stereocenters. The Kier molecular flexibility index (Phi) is 6.12. The maximum Gasteiger partial charge on any atom is 0.407 e. The molecule has 0 fully saturated rings. The van der Waals surface area contributed by atoms with E-state index in [2.05, 4.69) is 32.0 Å². The third kappa shape index (κ3) is 5.42. The SMILES string of the molecule is O=C(NCCC#CBr)OCc1ccccc1. The first-order valence-electron chi connectivity index (χ1n) is 4.86. The zero-order chi connectivity index (χ0) is 11.6. The first kappa shape index (κ1) is 12.6. The van der Waals surface area contributed by atoms with E-state index >= 15 is 0 Å². The quantitative estimate of drug-likeness (QED) is 0.681. The van der Waals surface area contributed by atoms with Gasteiger partial charge in [-0.3, -0.25) is 0 Å². The van der Waals surface area contributed by atoms with Crippen molar-refractivity contribution in [1.82, 2.24) is 5.32 Å². The van der Waals surface area contributed by atoms with Crippen LogP contribution in [0.5, 0.6) is 0 Å². The molecule has 0 heterocycles. The van der Waals surface area contributed by atoms with Gasteiger partial charge in [-0.05, 0) is 10.4 Å². The van der Waals surface area contributed by atoms with E-state index in [-0.39, 0.29) is 6.61 Å². The summed E-state index contributed by atoms with van der Waals surface area (Å²) in [7, 11) is 0. The van der Waals surface area contributed by atoms with E-state index in [0.717, 1.165) is 5.56 Å². The summed E-state index contributed by atoms with van der Waals surface area (Å²) in [5.41, 5.74) is 0.970. The molecule has 0 bridgehead atoms. The lowest BCUT2D eigenvalue weighted by atomic mass is 10.2. The second kappa shape index (κ2) is 7.77. The minimum atomic E-state index is -0.416. The van der Waals surface area contributed by atoms with Gasteiger partial charge in [-0.15, -0.1) is 0 Å². The van der Waals surface area contributed by atoms with Crippen LogP contribution in [0.25, 0.3) is 0 Å². The number of hydrogen-bond acceptors (Lipinski definition) is 2. The molecule has 0 saturated carbocycles. The summed E-state index contributed by atoms with van der Waals surface area (Å²) in [5, 5.41) is 2.60. The number of ether oxygens (including phenoxy) is 1. The minimum absolute atomic E-state index is 0.288. The summed E-state index contributed by atoms with van der Waals surface area (Å²) in [4.78, 5) is 13.8. The molecule has 0 saturated heterocycles. The van der Waals surface area contributed by atoms with Crippen molar-refractivity contribution in [2.45, 2.75) is 13.0 Å². The van der Waals surface area contributed by atoms with E-state index in [9.17, 15) is 4.79 Å². The van der Waals surface area contributed by atoms with Crippen LogP contribution in [0.1, 0.15) is 12.0 Å². The maximum absolute atomic E-state index is 11.2. The fourth-order valence-electron chi connectivity index (χ4n) is 1.05. The lowest BCUT2D eigenvalue weighted by Crippen LogP contribution is -2.24. The lowest BCUT2D eigenvalue weighted by molar-refractivity contribution is 0.140. The molecule has 1 aromatic rings. The van der Waals surface area contributed by atoms with Crippen molar-refractivity contribution in [2.24, 2.45) is 0 Å². The molecule has 1 N–H and O–H groups in total. The molecule has 0 aliphatic heterocycles. The Morgan fingerprint density at radius 3 is 2.81 bits per heavy atom. The standard InChI is InChI=1S/C12H12BrNO2/c13-8-4-5-9-14-12(15)16-10-11-6-2-1-3-7-11/h1-3,6-7H,5,9-10H2,(H,14,15). The Morgan fingerprint density at radius 1 is 1.38 bits per heavy atom. The average Bonchev–Trinajstić information content (AvgIpc) is 2.33. The zero-order valence-electron chi connectivity index (χ0n) is 8.70. The number of nitrogens with one attached hydrogen (secondary N) is 1. The van der Waals surface area contributed by atoms with Crippen LogP contribution in [0.15, 0.2) is 30.3 Å². The fraction of sp³-hybridized carbons (Fsp3) is 0.250. The van der Waals surface area contributed by atoms with Crippen molar-refractivity contribution in [3.63, 3.8) is 0 Å². The van der Waals surface area contributed by atoms with Gasteiger partial charge in [-0.25, -0.2) is 4.79 Å². The van der Waals surface area contributed by atoms with Gasteiger partial charge in [-0.2, -0.15) is 0 Å². The first-order valence-corrected chi connectivity index (χ1v) is 5.65. The highest BCUT2D eigenvalue weighted by Gasteiger charge is 2.00. The predicted octanol–water partition coefficient (Wildman–Crippen LogP) is 2.66. The van der Waals surface area contributed by atoms with Crippen LogP contribution in [-0.4, -0.2) is 12.6 Å². The third-order valence-corrected chi connectivity index (χ3v) is 2.08. The highest BCUT2D eigenvalue weighted by Crippen LogP contribution is 2.00. The van der Waals surface area contributed by atoms with E-state index < -0.39 is 6.09 Å². The Bertz CT molecular complexity index is 381. The fourth-order valence-corrected chi connectivity index (χ4v) is 1.25. The normalized spacial score (nSPS) is 8.81. The molecule has 1 rings (SSSR count). The van der Waals surface area contributed by atoms with Crippen LogP contribution >= 0.6 is 15.9 Å². The van der Waals surface area contributed by atoms with Gasteiger partial charge in [-0.1, -0.05) is 36.3 Å². The van der Waals surface area contributed by atoms with Gasteiger partial charge >= 0.3 is 6.09 Å². The number of halogens is 1. The lowest BCUT2D eigenvalue weighted by Gasteiger charge is -2.05. The Labute approximate surface area is 103 Å². The number of benzene rings is 1. The van der Waals surface area contributed by atoms with Crippen LogP contribution < -0.4 is 5.32 Å². The Morgan fingerprint density at radius 2 is 2.12 bits per heavy atom. The van der Waals surface area contributed by atoms with Gasteiger partial charge in [0.2, 0.25) is 0 Å². The third-order valence-electron chi connectivity index (χ3n) is 1.80. The molecule has 16 heavy (non-hydrogen) atoms. The second-order valence-corrected chi connectivity index (χ2v) is 3.41. The first-order chi connectivity index (χ1) is 7.83. The topological polar surface area (TPSA) is 38.3 Å². The van der Waals surface area contributed by atoms with Crippen molar-refractivity contribution in [3.8, 4) is 10.8 Å². The van der Waals surface area contributed by atoms with Gasteiger partial charge < -0.3 is 10.1 Å². The minimum Gasteiger partial charge on any atom is -0.445 e. The molecule has 0 aromatic heterocycles. The highest BCUT2D eigenvalue weighted by atomic mass is 79.9. The van der Waals surface area contributed by atoms with Gasteiger partial charge in [0.05, 0.1) is 0 Å². The average molecular weight is 282 g/mol. The molecule has 0 aliphatic carbocycles. The van der Waals surface area contributed by atoms with Gasteiger partial charge in [0.15, 0.2) is 0 Å². The van der Waals surface area contributed by atoms with Crippen LogP contribution in [0.3, 0.4) is 0 Å². The molecule has 1 aromatic carbocycles. The summed E-state index contributed by atoms with van der Waals surface area (Å²) in [5.74, 6) is 2.77. The largest absolute Gasteiger partial charge is 0.445 e. The number of alkyl carbamates (subject to hydrolysis) is 1. The van der Waals surface area contributed by atoms with Crippen LogP contribution in [0.4, 0.5) is 4.79 Å². The summed E-state index contributed by atoms with van der Waals surface area (Å²) in [6.07, 6.45) is 0.186. The van der Waals surface area contributed by atoms with Crippen molar-refractivity contribution < 1.29 is 9.53 Å². The smallest absolute Gasteiger partial charge is 0.407 e. The van der Waals surface area contributed by atoms with E-state index in [4.69, 9.17) is 4.74 Å². The number of rotatable bonds is 4. The summed E-state index contributed by atoms with van der Waals surface area (Å²) >= 11 is 2.97. The number of carbonyl (C=O) groups excluding carboxylic acids is 1. The highest BCUT2D eigenvalue weighted by molar-refractivity contribution is 9.12. The van der Waals surface area contributed by atoms with Crippen molar-refractivity contribution >= 4 is 22.0 Å². The summed E-state index contributed by atoms with van der Waals surface area (Å²) in [6, 6.07) is 9.54. The Hall–Kier alpha value is -1.47. The van der Waals surface area contributed by atoms with Crippen molar-refractivity contribution in [1.29, 1.82) is 0 Å². The van der Waals surface area contributed by atoms with E-state index in [1.807, 2.05) is 30.3 Å². The van der Waals surface area contributed by atoms with Crippen molar-refractivity contribution in [3.05, 3.63) is 35.9 Å². The number of hydrogen-bond donors (Lipinski definition) is 1. The van der Waals surface area contributed by atoms with Crippen LogP contribution in [0.2, 0.25) is 0 Å². The van der Waals surface area contributed by atoms with Gasteiger partial charge in [0, 0.05) is 28.9 Å². The molecular weight excluding hydrogens is 270 g/mol. The number of amides is 1. The maximum atomic E-state index is 11.2. The molecule has 0 unspecified atom stereocenters. The van der Waals surface area contributed by atoms with Crippen LogP contribution in [-0.2, 0) is 11.3 Å². The monoisotopic (exact) mass is 281 g/mol. The molecule has 3 nitrogen and oxygen atoms in total. The molecule has 84 valence electrons. The van der Waals surface area contributed by atoms with Gasteiger partial charge in [0.25, 0.3) is 0 Å². The van der Waals surface area contributed by atoms with Crippen LogP contribution in [0, 0.1) is 10.8 Å². The predicted molar refractivity (Wildman–Crippen MR) is 65.9 cm³/mol. The molecule has 0 radical (unpaired) electrons. The Balaban J connectivity index is 2.17. The molecule has 0 aliphatic rings. The van der Waals surface area contributed by atoms with E-state index in [1.54, 1.807) is 0 Å². The summed E-state index contributed by atoms with van der Waals surface area (Å²) < 4.78 is 5.00. The van der Waals surface area contributed by atoms with Gasteiger partial charge in [0.1, 0.15) is 6.61 Å². The molecular formula is C12H12BrNO2. The summed E-state index contributed by atoms with van der Waals surface area (Å²) in [6.45, 7) is 0.781. The zero-order valence-corrected chi connectivity index (χ0v) is 10.3. The van der Waals surface area contributed by atoms with E-state index in [0.29, 0.717) is 13.0 Å². The second-order valence-electron chi connectivity index (χ2n) is 3.01. The number of carbonyl (C=O) groups is 1. The van der Waals surface area contributed by atoms with Crippen molar-refractivity contribution in [2.75, 3.05) is 6.54 Å². The molecule has 0 spiro atoms. The molecule has 1 amide bonds. The van der Waals surface area contributed by atoms with E-state index in [1.165, 1.54) is 0 Å². The molecule has 4 heteroatoms.